The van der Waals surface area contributed by atoms with Crippen molar-refractivity contribution in [3.05, 3.63) is 66.1 Å². The molecule has 1 saturated heterocycles. The molecule has 3 atom stereocenters. The number of carboxylic acid groups (broad SMARTS) is 1. The maximum absolute atomic E-state index is 13.5. The summed E-state index contributed by atoms with van der Waals surface area (Å²) in [4.78, 5) is 36.4. The van der Waals surface area contributed by atoms with Crippen LogP contribution >= 0.6 is 0 Å². The molecule has 1 aromatic carbocycles. The summed E-state index contributed by atoms with van der Waals surface area (Å²) in [6.45, 7) is 15.3. The topological polar surface area (TPSA) is 126 Å². The monoisotopic (exact) mass is 617 g/mol. The minimum atomic E-state index is -2.17. The standard InChI is InChI=1S/C33H43N5O5Si/c1-21-19-38(20-28(37-32(40)41)30(21)43-44(5,6)33(2,3)4)29-11-14-34-18-27(29)36-31(39)25-10-9-23-7-8-24(17-26(23)35-25)22-12-15-42-16-13-22/h7-12,14,17-18,21,28,30,37H,13,15-16,19-20H2,1-6H3,(H,36,39)(H,40,41)/t21-,28+,30-/m0/s1. The highest BCUT2D eigenvalue weighted by Crippen LogP contribution is 2.40. The van der Waals surface area contributed by atoms with Gasteiger partial charge < -0.3 is 29.8 Å². The first-order valence-electron chi connectivity index (χ1n) is 15.2. The van der Waals surface area contributed by atoms with Crippen LogP contribution in [0.4, 0.5) is 16.2 Å². The number of piperidine rings is 1. The van der Waals surface area contributed by atoms with Crippen LogP contribution in [0, 0.1) is 5.92 Å². The number of benzene rings is 1. The van der Waals surface area contributed by atoms with E-state index in [2.05, 4.69) is 73.4 Å². The summed E-state index contributed by atoms with van der Waals surface area (Å²) in [6, 6.07) is 11.1. The third kappa shape index (κ3) is 6.95. The molecule has 11 heteroatoms. The Morgan fingerprint density at radius 3 is 2.61 bits per heavy atom. The number of pyridine rings is 2. The number of carbonyl (C=O) groups excluding carboxylic acids is 1. The average molecular weight is 618 g/mol. The number of anilines is 2. The molecule has 2 aliphatic heterocycles. The molecule has 10 nitrogen and oxygen atoms in total. The van der Waals surface area contributed by atoms with Crippen molar-refractivity contribution < 1.29 is 23.9 Å². The van der Waals surface area contributed by atoms with Gasteiger partial charge in [-0.05, 0) is 53.9 Å². The molecule has 5 rings (SSSR count). The van der Waals surface area contributed by atoms with Crippen molar-refractivity contribution in [2.24, 2.45) is 5.92 Å². The minimum Gasteiger partial charge on any atom is -0.465 e. The maximum atomic E-state index is 13.5. The predicted molar refractivity (Wildman–Crippen MR) is 176 cm³/mol. The van der Waals surface area contributed by atoms with Crippen LogP contribution in [0.2, 0.25) is 18.1 Å². The molecule has 234 valence electrons. The average Bonchev–Trinajstić information content (AvgIpc) is 2.98. The van der Waals surface area contributed by atoms with Crippen LogP contribution in [0.1, 0.15) is 50.2 Å². The first kappa shape index (κ1) is 31.6. The van der Waals surface area contributed by atoms with Gasteiger partial charge in [0.15, 0.2) is 8.32 Å². The highest BCUT2D eigenvalue weighted by molar-refractivity contribution is 6.74. The smallest absolute Gasteiger partial charge is 0.405 e. The third-order valence-corrected chi connectivity index (χ3v) is 13.5. The summed E-state index contributed by atoms with van der Waals surface area (Å²) in [5.41, 5.74) is 4.64. The van der Waals surface area contributed by atoms with Crippen molar-refractivity contribution in [3.8, 4) is 0 Å². The van der Waals surface area contributed by atoms with Gasteiger partial charge in [-0.1, -0.05) is 52.0 Å². The van der Waals surface area contributed by atoms with E-state index in [4.69, 9.17) is 14.1 Å². The Kier molecular flexibility index (Phi) is 9.10. The van der Waals surface area contributed by atoms with Gasteiger partial charge in [0.25, 0.3) is 5.91 Å². The lowest BCUT2D eigenvalue weighted by molar-refractivity contribution is 0.0722. The number of hydrogen-bond donors (Lipinski definition) is 3. The largest absolute Gasteiger partial charge is 0.465 e. The number of nitrogens with zero attached hydrogens (tertiary/aromatic N) is 3. The zero-order valence-electron chi connectivity index (χ0n) is 26.4. The molecule has 0 bridgehead atoms. The quantitative estimate of drug-likeness (QED) is 0.269. The van der Waals surface area contributed by atoms with Gasteiger partial charge in [-0.25, -0.2) is 9.78 Å². The Hall–Kier alpha value is -3.80. The van der Waals surface area contributed by atoms with Gasteiger partial charge >= 0.3 is 6.09 Å². The molecule has 0 saturated carbocycles. The molecule has 2 aromatic heterocycles. The third-order valence-electron chi connectivity index (χ3n) is 9.07. The molecule has 44 heavy (non-hydrogen) atoms. The number of amides is 2. The Morgan fingerprint density at radius 2 is 1.91 bits per heavy atom. The Labute approximate surface area is 260 Å². The number of aromatic nitrogens is 2. The maximum Gasteiger partial charge on any atom is 0.405 e. The van der Waals surface area contributed by atoms with Gasteiger partial charge in [0, 0.05) is 30.6 Å². The molecule has 1 fully saturated rings. The van der Waals surface area contributed by atoms with Crippen LogP contribution in [-0.2, 0) is 9.16 Å². The van der Waals surface area contributed by atoms with Gasteiger partial charge in [0.05, 0.1) is 48.4 Å². The lowest BCUT2D eigenvalue weighted by Gasteiger charge is -2.48. The van der Waals surface area contributed by atoms with Crippen LogP contribution in [0.5, 0.6) is 0 Å². The SMILES string of the molecule is C[C@H]1CN(c2ccncc2NC(=O)c2ccc3ccc(C4=CCOCC4)cc3n2)C[C@@H](NC(=O)O)[C@H]1O[Si](C)(C)C(C)(C)C. The van der Waals surface area contributed by atoms with Crippen LogP contribution in [-0.4, -0.2) is 73.8 Å². The van der Waals surface area contributed by atoms with Crippen LogP contribution in [0.25, 0.3) is 16.5 Å². The first-order valence-corrected chi connectivity index (χ1v) is 18.1. The Balaban J connectivity index is 1.37. The van der Waals surface area contributed by atoms with Crippen molar-refractivity contribution in [2.45, 2.75) is 64.4 Å². The fourth-order valence-corrected chi connectivity index (χ4v) is 7.07. The highest BCUT2D eigenvalue weighted by Gasteiger charge is 2.45. The number of hydrogen-bond acceptors (Lipinski definition) is 7. The van der Waals surface area contributed by atoms with Crippen molar-refractivity contribution in [3.63, 3.8) is 0 Å². The molecule has 0 unspecified atom stereocenters. The Bertz CT molecular complexity index is 1570. The van der Waals surface area contributed by atoms with Gasteiger partial charge in [0.1, 0.15) is 5.69 Å². The van der Waals surface area contributed by atoms with Crippen molar-refractivity contribution in [2.75, 3.05) is 36.5 Å². The molecule has 2 aliphatic rings. The summed E-state index contributed by atoms with van der Waals surface area (Å²) in [5, 5.41) is 16.4. The fourth-order valence-electron chi connectivity index (χ4n) is 5.64. The van der Waals surface area contributed by atoms with E-state index in [1.165, 1.54) is 5.57 Å². The van der Waals surface area contributed by atoms with E-state index in [9.17, 15) is 14.7 Å². The van der Waals surface area contributed by atoms with E-state index in [0.29, 0.717) is 37.7 Å². The lowest BCUT2D eigenvalue weighted by Crippen LogP contribution is -2.62. The van der Waals surface area contributed by atoms with E-state index in [1.54, 1.807) is 18.5 Å². The van der Waals surface area contributed by atoms with Crippen molar-refractivity contribution >= 4 is 48.2 Å². The van der Waals surface area contributed by atoms with Gasteiger partial charge in [-0.2, -0.15) is 0 Å². The molecule has 0 radical (unpaired) electrons. The number of ether oxygens (including phenoxy) is 1. The number of nitrogens with one attached hydrogen (secondary N) is 2. The molecule has 0 spiro atoms. The second-order valence-corrected chi connectivity index (χ2v) is 18.0. The molecular weight excluding hydrogens is 574 g/mol. The number of fused-ring (bicyclic) bond motifs is 1. The predicted octanol–water partition coefficient (Wildman–Crippen LogP) is 6.17. The molecule has 4 heterocycles. The first-order chi connectivity index (χ1) is 20.8. The lowest BCUT2D eigenvalue weighted by atomic mass is 9.92. The summed E-state index contributed by atoms with van der Waals surface area (Å²) in [7, 11) is -2.17. The summed E-state index contributed by atoms with van der Waals surface area (Å²) >= 11 is 0. The molecule has 3 N–H and O–H groups in total. The zero-order valence-corrected chi connectivity index (χ0v) is 27.4. The minimum absolute atomic E-state index is 0.0132. The second-order valence-electron chi connectivity index (χ2n) is 13.3. The van der Waals surface area contributed by atoms with Crippen LogP contribution in [0.15, 0.2) is 54.9 Å². The summed E-state index contributed by atoms with van der Waals surface area (Å²) < 4.78 is 12.2. The van der Waals surface area contributed by atoms with Crippen molar-refractivity contribution in [1.82, 2.24) is 15.3 Å². The zero-order chi connectivity index (χ0) is 31.6. The second kappa shape index (κ2) is 12.7. The van der Waals surface area contributed by atoms with E-state index < -0.39 is 20.5 Å². The van der Waals surface area contributed by atoms with Gasteiger partial charge in [0.2, 0.25) is 0 Å². The number of rotatable bonds is 7. The van der Waals surface area contributed by atoms with Crippen molar-refractivity contribution in [1.29, 1.82) is 0 Å². The molecule has 3 aromatic rings. The normalized spacial score (nSPS) is 21.1. The highest BCUT2D eigenvalue weighted by atomic mass is 28.4. The molecular formula is C33H43N5O5Si. The van der Waals surface area contributed by atoms with E-state index in [1.807, 2.05) is 24.3 Å². The summed E-state index contributed by atoms with van der Waals surface area (Å²) in [5.74, 6) is -0.324. The Morgan fingerprint density at radius 1 is 1.14 bits per heavy atom. The molecule has 0 aliphatic carbocycles. The van der Waals surface area contributed by atoms with Crippen LogP contribution in [0.3, 0.4) is 0 Å². The van der Waals surface area contributed by atoms with Crippen LogP contribution < -0.4 is 15.5 Å². The van der Waals surface area contributed by atoms with Gasteiger partial charge in [-0.15, -0.1) is 0 Å². The molecule has 2 amide bonds. The fraction of sp³-hybridized carbons (Fsp3) is 0.455. The van der Waals surface area contributed by atoms with E-state index in [0.717, 1.165) is 28.6 Å². The van der Waals surface area contributed by atoms with Gasteiger partial charge in [-0.3, -0.25) is 9.78 Å². The van der Waals surface area contributed by atoms with E-state index >= 15 is 0 Å². The summed E-state index contributed by atoms with van der Waals surface area (Å²) in [6.07, 6.45) is 4.86. The van der Waals surface area contributed by atoms with E-state index in [-0.39, 0.29) is 23.0 Å². The number of carbonyl (C=O) groups is 2.